The summed E-state index contributed by atoms with van der Waals surface area (Å²) in [7, 11) is 0. The van der Waals surface area contributed by atoms with E-state index >= 15 is 0 Å². The molecule has 1 fully saturated rings. The molecule has 74 valence electrons. The summed E-state index contributed by atoms with van der Waals surface area (Å²) >= 11 is 0. The largest absolute Gasteiger partial charge is 0.0850 e. The van der Waals surface area contributed by atoms with Crippen LogP contribution in [0, 0.1) is 17.8 Å². The third kappa shape index (κ3) is 1.98. The number of fused-ring (bicyclic) bond motifs is 1. The highest BCUT2D eigenvalue weighted by Crippen LogP contribution is 2.41. The summed E-state index contributed by atoms with van der Waals surface area (Å²) in [5.41, 5.74) is 1.82. The molecule has 0 heterocycles. The number of allylic oxidation sites excluding steroid dienone is 2. The molecule has 1 saturated carbocycles. The third-order valence-corrected chi connectivity index (χ3v) is 4.01. The number of hydrogen-bond donors (Lipinski definition) is 0. The molecule has 0 nitrogen and oxygen atoms in total. The van der Waals surface area contributed by atoms with Crippen LogP contribution in [0.3, 0.4) is 0 Å². The Balaban J connectivity index is 2.02. The Morgan fingerprint density at radius 1 is 1.23 bits per heavy atom. The normalized spacial score (nSPS) is 34.2. The lowest BCUT2D eigenvalue weighted by Crippen LogP contribution is -2.22. The van der Waals surface area contributed by atoms with E-state index in [-0.39, 0.29) is 0 Å². The Labute approximate surface area is 82.4 Å². The van der Waals surface area contributed by atoms with Gasteiger partial charge in [0.05, 0.1) is 0 Å². The summed E-state index contributed by atoms with van der Waals surface area (Å²) in [5.74, 6) is 2.87. The van der Waals surface area contributed by atoms with Gasteiger partial charge in [0.1, 0.15) is 0 Å². The summed E-state index contributed by atoms with van der Waals surface area (Å²) in [6, 6.07) is 0. The molecular formula is C13H22. The van der Waals surface area contributed by atoms with E-state index in [1.165, 1.54) is 38.5 Å². The molecular weight excluding hydrogens is 156 g/mol. The van der Waals surface area contributed by atoms with Gasteiger partial charge in [0.2, 0.25) is 0 Å². The van der Waals surface area contributed by atoms with Crippen LogP contribution in [0.25, 0.3) is 0 Å². The smallest absolute Gasteiger partial charge is 0.0203 e. The van der Waals surface area contributed by atoms with Crippen molar-refractivity contribution in [2.75, 3.05) is 0 Å². The first kappa shape index (κ1) is 9.30. The quantitative estimate of drug-likeness (QED) is 0.529. The van der Waals surface area contributed by atoms with E-state index < -0.39 is 0 Å². The second-order valence-electron chi connectivity index (χ2n) is 5.19. The van der Waals surface area contributed by atoms with Crippen molar-refractivity contribution < 1.29 is 0 Å². The van der Waals surface area contributed by atoms with Crippen molar-refractivity contribution in [1.82, 2.24) is 0 Å². The van der Waals surface area contributed by atoms with Crippen LogP contribution in [0.4, 0.5) is 0 Å². The molecule has 0 amide bonds. The minimum Gasteiger partial charge on any atom is -0.0850 e. The second kappa shape index (κ2) is 3.86. The molecule has 0 aliphatic heterocycles. The molecule has 0 saturated heterocycles. The molecule has 2 aliphatic rings. The second-order valence-corrected chi connectivity index (χ2v) is 5.19. The zero-order valence-electron chi connectivity index (χ0n) is 9.05. The number of rotatable bonds is 1. The molecule has 0 heteroatoms. The average Bonchev–Trinajstić information content (AvgIpc) is 2.17. The van der Waals surface area contributed by atoms with Crippen LogP contribution < -0.4 is 0 Å². The van der Waals surface area contributed by atoms with Crippen LogP contribution in [0.15, 0.2) is 11.6 Å². The van der Waals surface area contributed by atoms with Gasteiger partial charge >= 0.3 is 0 Å². The summed E-state index contributed by atoms with van der Waals surface area (Å²) in [5, 5.41) is 0. The van der Waals surface area contributed by atoms with Crippen molar-refractivity contribution in [2.45, 2.75) is 52.4 Å². The van der Waals surface area contributed by atoms with E-state index in [1.54, 1.807) is 0 Å². The summed E-state index contributed by atoms with van der Waals surface area (Å²) in [4.78, 5) is 0. The van der Waals surface area contributed by atoms with Gasteiger partial charge in [-0.1, -0.05) is 25.5 Å². The van der Waals surface area contributed by atoms with Gasteiger partial charge in [0.15, 0.2) is 0 Å². The minimum absolute atomic E-state index is 0.892. The molecule has 2 unspecified atom stereocenters. The van der Waals surface area contributed by atoms with Crippen LogP contribution in [-0.2, 0) is 0 Å². The van der Waals surface area contributed by atoms with Crippen molar-refractivity contribution in [3.63, 3.8) is 0 Å². The zero-order valence-corrected chi connectivity index (χ0v) is 9.05. The maximum atomic E-state index is 2.54. The van der Waals surface area contributed by atoms with Gasteiger partial charge in [0, 0.05) is 0 Å². The van der Waals surface area contributed by atoms with Crippen molar-refractivity contribution in [2.24, 2.45) is 17.8 Å². The summed E-state index contributed by atoms with van der Waals surface area (Å²) in [6.07, 6.45) is 11.2. The predicted octanol–water partition coefficient (Wildman–Crippen LogP) is 4.17. The molecule has 2 atom stereocenters. The van der Waals surface area contributed by atoms with Gasteiger partial charge in [-0.25, -0.2) is 0 Å². The summed E-state index contributed by atoms with van der Waals surface area (Å²) in [6.45, 7) is 4.77. The van der Waals surface area contributed by atoms with Gasteiger partial charge in [-0.3, -0.25) is 0 Å². The molecule has 2 aliphatic carbocycles. The SMILES string of the molecule is CC(C)C1CCC2CCCC=C2C1. The molecule has 13 heavy (non-hydrogen) atoms. The zero-order chi connectivity index (χ0) is 9.26. The lowest BCUT2D eigenvalue weighted by molar-refractivity contribution is 0.265. The minimum atomic E-state index is 0.892. The first-order valence-electron chi connectivity index (χ1n) is 5.96. The van der Waals surface area contributed by atoms with E-state index in [0.29, 0.717) is 0 Å². The Morgan fingerprint density at radius 3 is 2.85 bits per heavy atom. The molecule has 0 aromatic heterocycles. The topological polar surface area (TPSA) is 0 Å². The van der Waals surface area contributed by atoms with E-state index in [2.05, 4.69) is 19.9 Å². The Bertz CT molecular complexity index is 200. The molecule has 0 aromatic carbocycles. The molecule has 0 bridgehead atoms. The predicted molar refractivity (Wildman–Crippen MR) is 57.6 cm³/mol. The lowest BCUT2D eigenvalue weighted by Gasteiger charge is -2.35. The van der Waals surface area contributed by atoms with Gasteiger partial charge in [-0.15, -0.1) is 0 Å². The first-order chi connectivity index (χ1) is 6.27. The number of hydrogen-bond acceptors (Lipinski definition) is 0. The van der Waals surface area contributed by atoms with E-state index in [4.69, 9.17) is 0 Å². The molecule has 0 radical (unpaired) electrons. The van der Waals surface area contributed by atoms with Crippen LogP contribution in [0.5, 0.6) is 0 Å². The van der Waals surface area contributed by atoms with E-state index in [9.17, 15) is 0 Å². The fourth-order valence-electron chi connectivity index (χ4n) is 2.97. The molecule has 0 N–H and O–H groups in total. The fourth-order valence-corrected chi connectivity index (χ4v) is 2.97. The Morgan fingerprint density at radius 2 is 2.08 bits per heavy atom. The standard InChI is InChI=1S/C13H22/c1-10(2)12-8-7-11-5-3-4-6-13(11)9-12/h6,10-12H,3-5,7-9H2,1-2H3. The van der Waals surface area contributed by atoms with Crippen molar-refractivity contribution in [1.29, 1.82) is 0 Å². The van der Waals surface area contributed by atoms with Crippen molar-refractivity contribution in [3.8, 4) is 0 Å². The van der Waals surface area contributed by atoms with E-state index in [1.807, 2.05) is 5.57 Å². The highest BCUT2D eigenvalue weighted by Gasteiger charge is 2.27. The lowest BCUT2D eigenvalue weighted by atomic mass is 9.70. The fraction of sp³-hybridized carbons (Fsp3) is 0.846. The van der Waals surface area contributed by atoms with Crippen molar-refractivity contribution >= 4 is 0 Å². The van der Waals surface area contributed by atoms with Gasteiger partial charge in [0.25, 0.3) is 0 Å². The third-order valence-electron chi connectivity index (χ3n) is 4.01. The van der Waals surface area contributed by atoms with Crippen molar-refractivity contribution in [3.05, 3.63) is 11.6 Å². The van der Waals surface area contributed by atoms with Crippen LogP contribution in [0.1, 0.15) is 52.4 Å². The monoisotopic (exact) mass is 178 g/mol. The Kier molecular flexibility index (Phi) is 2.76. The van der Waals surface area contributed by atoms with Crippen LogP contribution in [-0.4, -0.2) is 0 Å². The van der Waals surface area contributed by atoms with Crippen LogP contribution in [0.2, 0.25) is 0 Å². The maximum Gasteiger partial charge on any atom is -0.0203 e. The molecule has 0 aromatic rings. The van der Waals surface area contributed by atoms with Gasteiger partial charge in [-0.05, 0) is 56.3 Å². The van der Waals surface area contributed by atoms with Gasteiger partial charge < -0.3 is 0 Å². The molecule has 2 rings (SSSR count). The van der Waals surface area contributed by atoms with E-state index in [0.717, 1.165) is 17.8 Å². The maximum absolute atomic E-state index is 2.54. The first-order valence-corrected chi connectivity index (χ1v) is 5.96. The van der Waals surface area contributed by atoms with Crippen LogP contribution >= 0.6 is 0 Å². The average molecular weight is 178 g/mol. The van der Waals surface area contributed by atoms with Gasteiger partial charge in [-0.2, -0.15) is 0 Å². The summed E-state index contributed by atoms with van der Waals surface area (Å²) < 4.78 is 0. The highest BCUT2D eigenvalue weighted by atomic mass is 14.3. The molecule has 0 spiro atoms. The Hall–Kier alpha value is -0.260. The highest BCUT2D eigenvalue weighted by molar-refractivity contribution is 5.13.